The summed E-state index contributed by atoms with van der Waals surface area (Å²) in [5, 5.41) is 3.31. The van der Waals surface area contributed by atoms with Crippen molar-refractivity contribution in [1.82, 2.24) is 10.3 Å². The molecule has 1 aromatic heterocycles. The second-order valence-electron chi connectivity index (χ2n) is 6.73. The fourth-order valence-corrected chi connectivity index (χ4v) is 2.41. The van der Waals surface area contributed by atoms with Gasteiger partial charge in [-0.3, -0.25) is 0 Å². The van der Waals surface area contributed by atoms with E-state index in [2.05, 4.69) is 31.1 Å². The number of halogens is 1. The van der Waals surface area contributed by atoms with Gasteiger partial charge in [0, 0.05) is 44.0 Å². The van der Waals surface area contributed by atoms with Crippen LogP contribution in [0.3, 0.4) is 0 Å². The molecule has 0 aliphatic carbocycles. The molecule has 0 radical (unpaired) electrons. The third kappa shape index (κ3) is 4.64. The van der Waals surface area contributed by atoms with Gasteiger partial charge in [-0.25, -0.2) is 9.37 Å². The summed E-state index contributed by atoms with van der Waals surface area (Å²) in [6.07, 6.45) is 3.98. The molecule has 2 rings (SSSR count). The van der Waals surface area contributed by atoms with E-state index in [0.717, 1.165) is 19.4 Å². The van der Waals surface area contributed by atoms with Crippen LogP contribution in [0.4, 0.5) is 10.2 Å². The lowest BCUT2D eigenvalue weighted by molar-refractivity contribution is 0.116. The third-order valence-electron chi connectivity index (χ3n) is 3.62. The lowest BCUT2D eigenvalue weighted by atomic mass is 10.1. The number of anilines is 1. The van der Waals surface area contributed by atoms with Gasteiger partial charge in [0.05, 0.1) is 6.10 Å². The van der Waals surface area contributed by atoms with Gasteiger partial charge in [0.15, 0.2) is 11.6 Å². The molecule has 0 amide bonds. The number of nitrogens with one attached hydrogen (secondary N) is 1. The molecule has 0 aromatic carbocycles. The number of aromatic nitrogens is 1. The third-order valence-corrected chi connectivity index (χ3v) is 3.62. The summed E-state index contributed by atoms with van der Waals surface area (Å²) >= 11 is 0. The van der Waals surface area contributed by atoms with Crippen molar-refractivity contribution in [3.63, 3.8) is 0 Å². The zero-order valence-corrected chi connectivity index (χ0v) is 13.4. The van der Waals surface area contributed by atoms with Crippen LogP contribution in [-0.2, 0) is 11.3 Å². The minimum absolute atomic E-state index is 0.0422. The summed E-state index contributed by atoms with van der Waals surface area (Å²) in [7, 11) is 1.87. The van der Waals surface area contributed by atoms with Gasteiger partial charge in [-0.15, -0.1) is 0 Å². The molecule has 0 bridgehead atoms. The number of ether oxygens (including phenoxy) is 1. The number of pyridine rings is 1. The van der Waals surface area contributed by atoms with Crippen LogP contribution in [0.25, 0.3) is 0 Å². The molecule has 1 unspecified atom stereocenters. The van der Waals surface area contributed by atoms with Gasteiger partial charge in [0.25, 0.3) is 0 Å². The van der Waals surface area contributed by atoms with Crippen LogP contribution in [0.15, 0.2) is 12.3 Å². The molecule has 0 saturated carbocycles. The van der Waals surface area contributed by atoms with Gasteiger partial charge in [0.2, 0.25) is 0 Å². The van der Waals surface area contributed by atoms with Crippen molar-refractivity contribution in [3.8, 4) is 0 Å². The first kappa shape index (κ1) is 16.2. The van der Waals surface area contributed by atoms with Gasteiger partial charge in [0.1, 0.15) is 0 Å². The molecule has 0 spiro atoms. The first-order valence-electron chi connectivity index (χ1n) is 7.58. The van der Waals surface area contributed by atoms with Gasteiger partial charge < -0.3 is 15.0 Å². The van der Waals surface area contributed by atoms with E-state index in [1.807, 2.05) is 11.9 Å². The maximum atomic E-state index is 14.6. The van der Waals surface area contributed by atoms with Crippen molar-refractivity contribution in [2.75, 3.05) is 25.1 Å². The summed E-state index contributed by atoms with van der Waals surface area (Å²) in [5.41, 5.74) is 0.605. The standard InChI is InChI=1S/C16H26FN3O/c1-16(2,3)19-10-12-7-8-18-15(14(12)17)20(4)11-13-6-5-9-21-13/h7-8,13,19H,5-6,9-11H2,1-4H3. The second-order valence-corrected chi connectivity index (χ2v) is 6.73. The van der Waals surface area contributed by atoms with Crippen LogP contribution in [0.2, 0.25) is 0 Å². The Labute approximate surface area is 126 Å². The first-order chi connectivity index (χ1) is 9.87. The highest BCUT2D eigenvalue weighted by molar-refractivity contribution is 5.42. The summed E-state index contributed by atoms with van der Waals surface area (Å²) in [6.45, 7) is 8.19. The lowest BCUT2D eigenvalue weighted by Gasteiger charge is -2.24. The molecule has 1 aromatic rings. The van der Waals surface area contributed by atoms with Gasteiger partial charge in [-0.1, -0.05) is 0 Å². The Hall–Kier alpha value is -1.20. The zero-order chi connectivity index (χ0) is 15.5. The summed E-state index contributed by atoms with van der Waals surface area (Å²) in [5.74, 6) is 0.161. The van der Waals surface area contributed by atoms with Gasteiger partial charge >= 0.3 is 0 Å². The molecular weight excluding hydrogens is 269 g/mol. The quantitative estimate of drug-likeness (QED) is 0.906. The van der Waals surface area contributed by atoms with E-state index < -0.39 is 0 Å². The molecule has 1 aliphatic rings. The van der Waals surface area contributed by atoms with E-state index in [-0.39, 0.29) is 17.5 Å². The Balaban J connectivity index is 2.05. The van der Waals surface area contributed by atoms with Crippen molar-refractivity contribution in [1.29, 1.82) is 0 Å². The first-order valence-corrected chi connectivity index (χ1v) is 7.58. The van der Waals surface area contributed by atoms with Crippen molar-refractivity contribution in [3.05, 3.63) is 23.6 Å². The number of nitrogens with zero attached hydrogens (tertiary/aromatic N) is 2. The highest BCUT2D eigenvalue weighted by Crippen LogP contribution is 2.21. The fourth-order valence-electron chi connectivity index (χ4n) is 2.41. The monoisotopic (exact) mass is 295 g/mol. The molecule has 21 heavy (non-hydrogen) atoms. The van der Waals surface area contributed by atoms with Crippen LogP contribution in [0, 0.1) is 5.82 Å². The number of hydrogen-bond donors (Lipinski definition) is 1. The predicted molar refractivity (Wildman–Crippen MR) is 83.0 cm³/mol. The fraction of sp³-hybridized carbons (Fsp3) is 0.688. The van der Waals surface area contributed by atoms with E-state index in [1.54, 1.807) is 12.3 Å². The highest BCUT2D eigenvalue weighted by Gasteiger charge is 2.21. The average Bonchev–Trinajstić information content (AvgIpc) is 2.89. The second kappa shape index (κ2) is 6.71. The van der Waals surface area contributed by atoms with E-state index >= 15 is 0 Å². The summed E-state index contributed by atoms with van der Waals surface area (Å²) in [4.78, 5) is 6.05. The molecule has 1 N–H and O–H groups in total. The smallest absolute Gasteiger partial charge is 0.170 e. The van der Waals surface area contributed by atoms with Crippen LogP contribution >= 0.6 is 0 Å². The Kier molecular flexibility index (Phi) is 5.17. The van der Waals surface area contributed by atoms with Crippen molar-refractivity contribution in [2.45, 2.75) is 51.8 Å². The van der Waals surface area contributed by atoms with E-state index in [4.69, 9.17) is 4.74 Å². The SMILES string of the molecule is CN(CC1CCCO1)c1nccc(CNC(C)(C)C)c1F. The molecule has 2 heterocycles. The summed E-state index contributed by atoms with van der Waals surface area (Å²) in [6, 6.07) is 1.73. The van der Waals surface area contributed by atoms with E-state index in [9.17, 15) is 4.39 Å². The van der Waals surface area contributed by atoms with Crippen molar-refractivity contribution in [2.24, 2.45) is 0 Å². The minimum Gasteiger partial charge on any atom is -0.376 e. The lowest BCUT2D eigenvalue weighted by Crippen LogP contribution is -2.35. The number of likely N-dealkylation sites (N-methyl/N-ethyl adjacent to an activating group) is 1. The Morgan fingerprint density at radius 2 is 2.24 bits per heavy atom. The Morgan fingerprint density at radius 1 is 1.48 bits per heavy atom. The normalized spacial score (nSPS) is 19.0. The van der Waals surface area contributed by atoms with Crippen molar-refractivity contribution >= 4 is 5.82 Å². The molecule has 5 heteroatoms. The van der Waals surface area contributed by atoms with Crippen LogP contribution in [-0.4, -0.2) is 36.8 Å². The molecule has 4 nitrogen and oxygen atoms in total. The number of rotatable bonds is 5. The van der Waals surface area contributed by atoms with E-state index in [1.165, 1.54) is 0 Å². The van der Waals surface area contributed by atoms with Gasteiger partial charge in [-0.05, 0) is 39.7 Å². The molecule has 1 aliphatic heterocycles. The van der Waals surface area contributed by atoms with E-state index in [0.29, 0.717) is 24.5 Å². The molecule has 118 valence electrons. The molecule has 1 fully saturated rings. The molecule has 1 saturated heterocycles. The molecular formula is C16H26FN3O. The molecule has 1 atom stereocenters. The van der Waals surface area contributed by atoms with Crippen molar-refractivity contribution < 1.29 is 9.13 Å². The number of hydrogen-bond acceptors (Lipinski definition) is 4. The van der Waals surface area contributed by atoms with Crippen LogP contribution in [0.5, 0.6) is 0 Å². The predicted octanol–water partition coefficient (Wildman–Crippen LogP) is 2.72. The Bertz CT molecular complexity index is 467. The maximum Gasteiger partial charge on any atom is 0.170 e. The maximum absolute atomic E-state index is 14.6. The summed E-state index contributed by atoms with van der Waals surface area (Å²) < 4.78 is 20.2. The zero-order valence-electron chi connectivity index (χ0n) is 13.4. The van der Waals surface area contributed by atoms with Crippen LogP contribution < -0.4 is 10.2 Å². The minimum atomic E-state index is -0.241. The average molecular weight is 295 g/mol. The van der Waals surface area contributed by atoms with Crippen LogP contribution in [0.1, 0.15) is 39.2 Å². The Morgan fingerprint density at radius 3 is 2.86 bits per heavy atom. The highest BCUT2D eigenvalue weighted by atomic mass is 19.1. The topological polar surface area (TPSA) is 37.4 Å². The largest absolute Gasteiger partial charge is 0.376 e. The van der Waals surface area contributed by atoms with Gasteiger partial charge in [-0.2, -0.15) is 0 Å².